The molecule has 4 nitrogen and oxygen atoms in total. The Bertz CT molecular complexity index is 560. The first-order chi connectivity index (χ1) is 8.88. The van der Waals surface area contributed by atoms with Crippen molar-refractivity contribution in [1.29, 1.82) is 0 Å². The van der Waals surface area contributed by atoms with Crippen LogP contribution in [0, 0.1) is 6.92 Å². The third-order valence-corrected chi connectivity index (χ3v) is 5.73. The molecule has 0 amide bonds. The van der Waals surface area contributed by atoms with Gasteiger partial charge in [0.25, 0.3) is 0 Å². The minimum atomic E-state index is -3.53. The Labute approximate surface area is 114 Å². The smallest absolute Gasteiger partial charge is 0.241 e. The summed E-state index contributed by atoms with van der Waals surface area (Å²) < 4.78 is 27.8. The number of sulfonamides is 1. The number of rotatable bonds is 4. The standard InChI is InChI=1S/C14H21NO3S/c1-11-12(10-16)6-5-7-13(11)19(17,18)15-14(2)8-3-4-9-14/h5-7,15-16H,3-4,8-10H2,1-2H3. The maximum atomic E-state index is 12.5. The van der Waals surface area contributed by atoms with Gasteiger partial charge in [-0.1, -0.05) is 25.0 Å². The molecular formula is C14H21NO3S. The van der Waals surface area contributed by atoms with E-state index in [1.165, 1.54) is 0 Å². The Morgan fingerprint density at radius 1 is 1.32 bits per heavy atom. The molecule has 1 aromatic carbocycles. The van der Waals surface area contributed by atoms with E-state index in [0.717, 1.165) is 25.7 Å². The van der Waals surface area contributed by atoms with Crippen molar-refractivity contribution in [3.8, 4) is 0 Å². The Hall–Kier alpha value is -0.910. The molecule has 0 bridgehead atoms. The van der Waals surface area contributed by atoms with Gasteiger partial charge in [0.15, 0.2) is 0 Å². The van der Waals surface area contributed by atoms with Gasteiger partial charge in [-0.05, 0) is 43.9 Å². The molecule has 2 rings (SSSR count). The van der Waals surface area contributed by atoms with Gasteiger partial charge < -0.3 is 5.11 Å². The number of aliphatic hydroxyl groups is 1. The van der Waals surface area contributed by atoms with E-state index in [0.29, 0.717) is 11.1 Å². The average molecular weight is 283 g/mol. The average Bonchev–Trinajstić information content (AvgIpc) is 2.74. The monoisotopic (exact) mass is 283 g/mol. The maximum Gasteiger partial charge on any atom is 0.241 e. The molecule has 1 aromatic rings. The van der Waals surface area contributed by atoms with Crippen molar-refractivity contribution in [3.05, 3.63) is 29.3 Å². The summed E-state index contributed by atoms with van der Waals surface area (Å²) in [6.45, 7) is 3.55. The van der Waals surface area contributed by atoms with Gasteiger partial charge in [-0.2, -0.15) is 0 Å². The summed E-state index contributed by atoms with van der Waals surface area (Å²) in [5, 5.41) is 9.23. The fourth-order valence-electron chi connectivity index (χ4n) is 2.76. The number of aliphatic hydroxyl groups excluding tert-OH is 1. The Morgan fingerprint density at radius 3 is 2.53 bits per heavy atom. The third-order valence-electron chi connectivity index (χ3n) is 3.94. The maximum absolute atomic E-state index is 12.5. The molecule has 0 saturated heterocycles. The zero-order valence-electron chi connectivity index (χ0n) is 11.4. The lowest BCUT2D eigenvalue weighted by atomic mass is 10.0. The highest BCUT2D eigenvalue weighted by Gasteiger charge is 2.34. The first-order valence-electron chi connectivity index (χ1n) is 6.61. The molecule has 0 heterocycles. The highest BCUT2D eigenvalue weighted by Crippen LogP contribution is 2.31. The SMILES string of the molecule is Cc1c(CO)cccc1S(=O)(=O)NC1(C)CCCC1. The summed E-state index contributed by atoms with van der Waals surface area (Å²) in [6.07, 6.45) is 3.89. The van der Waals surface area contributed by atoms with Crippen LogP contribution in [-0.2, 0) is 16.6 Å². The van der Waals surface area contributed by atoms with Crippen molar-refractivity contribution in [2.45, 2.75) is 56.6 Å². The van der Waals surface area contributed by atoms with Gasteiger partial charge >= 0.3 is 0 Å². The van der Waals surface area contributed by atoms with E-state index in [4.69, 9.17) is 0 Å². The van der Waals surface area contributed by atoms with Crippen LogP contribution in [-0.4, -0.2) is 19.1 Å². The summed E-state index contributed by atoms with van der Waals surface area (Å²) in [7, 11) is -3.53. The summed E-state index contributed by atoms with van der Waals surface area (Å²) in [5.41, 5.74) is 0.944. The minimum absolute atomic E-state index is 0.146. The molecule has 0 radical (unpaired) electrons. The number of hydrogen-bond donors (Lipinski definition) is 2. The van der Waals surface area contributed by atoms with Crippen molar-refractivity contribution in [3.63, 3.8) is 0 Å². The van der Waals surface area contributed by atoms with Crippen LogP contribution in [0.2, 0.25) is 0 Å². The summed E-state index contributed by atoms with van der Waals surface area (Å²) >= 11 is 0. The molecule has 2 N–H and O–H groups in total. The Balaban J connectivity index is 2.34. The highest BCUT2D eigenvalue weighted by atomic mass is 32.2. The predicted molar refractivity (Wildman–Crippen MR) is 74.3 cm³/mol. The van der Waals surface area contributed by atoms with E-state index in [-0.39, 0.29) is 17.0 Å². The van der Waals surface area contributed by atoms with E-state index in [9.17, 15) is 13.5 Å². The van der Waals surface area contributed by atoms with Gasteiger partial charge in [0.2, 0.25) is 10.0 Å². The van der Waals surface area contributed by atoms with Crippen LogP contribution in [0.25, 0.3) is 0 Å². The van der Waals surface area contributed by atoms with Crippen LogP contribution >= 0.6 is 0 Å². The molecule has 0 spiro atoms. The molecule has 0 aliphatic heterocycles. The van der Waals surface area contributed by atoms with Crippen LogP contribution in [0.4, 0.5) is 0 Å². The molecule has 1 aliphatic carbocycles. The van der Waals surface area contributed by atoms with E-state index >= 15 is 0 Å². The predicted octanol–water partition coefficient (Wildman–Crippen LogP) is 2.10. The molecule has 0 aromatic heterocycles. The van der Waals surface area contributed by atoms with Crippen molar-refractivity contribution < 1.29 is 13.5 Å². The first-order valence-corrected chi connectivity index (χ1v) is 8.10. The van der Waals surface area contributed by atoms with Gasteiger partial charge in [0, 0.05) is 5.54 Å². The van der Waals surface area contributed by atoms with Gasteiger partial charge in [0.1, 0.15) is 0 Å². The zero-order valence-corrected chi connectivity index (χ0v) is 12.3. The summed E-state index contributed by atoms with van der Waals surface area (Å²) in [4.78, 5) is 0.271. The lowest BCUT2D eigenvalue weighted by molar-refractivity contribution is 0.280. The number of benzene rings is 1. The normalized spacial score (nSPS) is 18.7. The topological polar surface area (TPSA) is 66.4 Å². The largest absolute Gasteiger partial charge is 0.392 e. The highest BCUT2D eigenvalue weighted by molar-refractivity contribution is 7.89. The molecule has 106 valence electrons. The minimum Gasteiger partial charge on any atom is -0.392 e. The molecule has 1 saturated carbocycles. The summed E-state index contributed by atoms with van der Waals surface area (Å²) in [6, 6.07) is 5.00. The lowest BCUT2D eigenvalue weighted by Crippen LogP contribution is -2.43. The fourth-order valence-corrected chi connectivity index (χ4v) is 4.51. The molecule has 0 unspecified atom stereocenters. The number of hydrogen-bond acceptors (Lipinski definition) is 3. The summed E-state index contributed by atoms with van der Waals surface area (Å²) in [5.74, 6) is 0. The second-order valence-corrected chi connectivity index (χ2v) is 7.22. The second kappa shape index (κ2) is 5.23. The quantitative estimate of drug-likeness (QED) is 0.889. The van der Waals surface area contributed by atoms with E-state index in [1.807, 2.05) is 6.92 Å². The zero-order chi connectivity index (χ0) is 14.1. The van der Waals surface area contributed by atoms with Gasteiger partial charge in [0.05, 0.1) is 11.5 Å². The Kier molecular flexibility index (Phi) is 3.99. The Morgan fingerprint density at radius 2 is 1.95 bits per heavy atom. The van der Waals surface area contributed by atoms with Crippen molar-refractivity contribution >= 4 is 10.0 Å². The first kappa shape index (κ1) is 14.5. The fraction of sp³-hybridized carbons (Fsp3) is 0.571. The van der Waals surface area contributed by atoms with Crippen LogP contribution in [0.15, 0.2) is 23.1 Å². The number of nitrogens with one attached hydrogen (secondary N) is 1. The van der Waals surface area contributed by atoms with Gasteiger partial charge in [-0.25, -0.2) is 13.1 Å². The van der Waals surface area contributed by atoms with E-state index < -0.39 is 10.0 Å². The molecular weight excluding hydrogens is 262 g/mol. The van der Waals surface area contributed by atoms with Crippen LogP contribution in [0.1, 0.15) is 43.7 Å². The van der Waals surface area contributed by atoms with Crippen molar-refractivity contribution in [2.24, 2.45) is 0 Å². The van der Waals surface area contributed by atoms with Crippen molar-refractivity contribution in [2.75, 3.05) is 0 Å². The molecule has 1 aliphatic rings. The molecule has 19 heavy (non-hydrogen) atoms. The second-order valence-electron chi connectivity index (χ2n) is 5.57. The lowest BCUT2D eigenvalue weighted by Gasteiger charge is -2.25. The third kappa shape index (κ3) is 2.99. The molecule has 1 fully saturated rings. The van der Waals surface area contributed by atoms with E-state index in [2.05, 4.69) is 4.72 Å². The van der Waals surface area contributed by atoms with Crippen LogP contribution < -0.4 is 4.72 Å². The van der Waals surface area contributed by atoms with Crippen molar-refractivity contribution in [1.82, 2.24) is 4.72 Å². The molecule has 5 heteroatoms. The van der Waals surface area contributed by atoms with Crippen LogP contribution in [0.3, 0.4) is 0 Å². The van der Waals surface area contributed by atoms with Crippen LogP contribution in [0.5, 0.6) is 0 Å². The molecule has 0 atom stereocenters. The van der Waals surface area contributed by atoms with E-state index in [1.54, 1.807) is 25.1 Å². The van der Waals surface area contributed by atoms with Gasteiger partial charge in [-0.15, -0.1) is 0 Å². The van der Waals surface area contributed by atoms with Gasteiger partial charge in [-0.3, -0.25) is 0 Å².